The van der Waals surface area contributed by atoms with E-state index in [-0.39, 0.29) is 12.6 Å². The van der Waals surface area contributed by atoms with E-state index in [1.54, 1.807) is 6.92 Å². The lowest BCUT2D eigenvalue weighted by atomic mass is 9.98. The number of rotatable bonds is 5. The Morgan fingerprint density at radius 3 is 3.05 bits per heavy atom. The molecule has 3 N–H and O–H groups in total. The van der Waals surface area contributed by atoms with Gasteiger partial charge in [-0.3, -0.25) is 0 Å². The van der Waals surface area contributed by atoms with Crippen LogP contribution >= 0.6 is 11.3 Å². The minimum Gasteiger partial charge on any atom is -0.384 e. The summed E-state index contributed by atoms with van der Waals surface area (Å²) in [5.74, 6) is 0.520. The number of hydrogen-bond donors (Lipinski definition) is 3. The fourth-order valence-electron chi connectivity index (χ4n) is 2.66. The first-order chi connectivity index (χ1) is 9.97. The summed E-state index contributed by atoms with van der Waals surface area (Å²) >= 11 is 1.54. The standard InChI is InChI=1S/C15H25N3O2S/c1-15(20,13-5-7-21-10-13)11-17-14(19)16-8-12-4-3-6-18(2)9-12/h5,7,10,12,20H,3-4,6,8-9,11H2,1-2H3,(H2,16,17,19). The normalized spacial score (nSPS) is 22.5. The van der Waals surface area contributed by atoms with E-state index in [4.69, 9.17) is 0 Å². The first kappa shape index (κ1) is 16.3. The Hall–Kier alpha value is -1.11. The molecule has 1 aliphatic heterocycles. The smallest absolute Gasteiger partial charge is 0.314 e. The van der Waals surface area contributed by atoms with E-state index in [0.29, 0.717) is 12.5 Å². The fraction of sp³-hybridized carbons (Fsp3) is 0.667. The maximum atomic E-state index is 11.8. The summed E-state index contributed by atoms with van der Waals surface area (Å²) in [4.78, 5) is 14.1. The van der Waals surface area contributed by atoms with Crippen LogP contribution in [0.3, 0.4) is 0 Å². The van der Waals surface area contributed by atoms with Gasteiger partial charge in [-0.1, -0.05) is 0 Å². The third kappa shape index (κ3) is 4.98. The molecule has 2 heterocycles. The monoisotopic (exact) mass is 311 g/mol. The Labute approximate surface area is 130 Å². The molecule has 0 bridgehead atoms. The molecule has 2 amide bonds. The van der Waals surface area contributed by atoms with Crippen LogP contribution in [0.4, 0.5) is 4.79 Å². The second-order valence-corrected chi connectivity index (χ2v) is 6.90. The van der Waals surface area contributed by atoms with Crippen LogP contribution in [0.25, 0.3) is 0 Å². The number of urea groups is 1. The third-order valence-electron chi connectivity index (χ3n) is 4.01. The fourth-order valence-corrected chi connectivity index (χ4v) is 3.45. The van der Waals surface area contributed by atoms with Crippen molar-refractivity contribution in [3.63, 3.8) is 0 Å². The van der Waals surface area contributed by atoms with Crippen molar-refractivity contribution in [3.8, 4) is 0 Å². The van der Waals surface area contributed by atoms with Gasteiger partial charge in [0.05, 0.1) is 6.54 Å². The van der Waals surface area contributed by atoms with Gasteiger partial charge < -0.3 is 20.6 Å². The van der Waals surface area contributed by atoms with Crippen molar-refractivity contribution in [2.75, 3.05) is 33.2 Å². The number of thiophene rings is 1. The molecule has 0 spiro atoms. The van der Waals surface area contributed by atoms with Gasteiger partial charge in [0.15, 0.2) is 0 Å². The highest BCUT2D eigenvalue weighted by molar-refractivity contribution is 7.08. The number of nitrogens with one attached hydrogen (secondary N) is 2. The highest BCUT2D eigenvalue weighted by Gasteiger charge is 2.24. The predicted octanol–water partition coefficient (Wildman–Crippen LogP) is 1.60. The lowest BCUT2D eigenvalue weighted by Crippen LogP contribution is -2.46. The summed E-state index contributed by atoms with van der Waals surface area (Å²) in [5, 5.41) is 19.8. The summed E-state index contributed by atoms with van der Waals surface area (Å²) in [7, 11) is 2.12. The zero-order valence-corrected chi connectivity index (χ0v) is 13.6. The molecule has 0 radical (unpaired) electrons. The van der Waals surface area contributed by atoms with Crippen LogP contribution in [0.5, 0.6) is 0 Å². The van der Waals surface area contributed by atoms with Gasteiger partial charge in [-0.2, -0.15) is 11.3 Å². The second kappa shape index (κ2) is 7.24. The van der Waals surface area contributed by atoms with Crippen molar-refractivity contribution in [3.05, 3.63) is 22.4 Å². The minimum atomic E-state index is -1.03. The number of carbonyl (C=O) groups excluding carboxylic acids is 1. The highest BCUT2D eigenvalue weighted by atomic mass is 32.1. The van der Waals surface area contributed by atoms with Crippen molar-refractivity contribution in [2.24, 2.45) is 5.92 Å². The second-order valence-electron chi connectivity index (χ2n) is 6.12. The Bertz CT molecular complexity index is 448. The zero-order valence-electron chi connectivity index (χ0n) is 12.8. The summed E-state index contributed by atoms with van der Waals surface area (Å²) in [6, 6.07) is 1.67. The highest BCUT2D eigenvalue weighted by Crippen LogP contribution is 2.21. The number of piperidine rings is 1. The van der Waals surface area contributed by atoms with Gasteiger partial charge in [-0.15, -0.1) is 0 Å². The molecular formula is C15H25N3O2S. The Morgan fingerprint density at radius 2 is 2.38 bits per heavy atom. The topological polar surface area (TPSA) is 64.6 Å². The van der Waals surface area contributed by atoms with E-state index < -0.39 is 5.60 Å². The number of likely N-dealkylation sites (tertiary alicyclic amines) is 1. The van der Waals surface area contributed by atoms with E-state index in [2.05, 4.69) is 22.6 Å². The van der Waals surface area contributed by atoms with E-state index in [1.165, 1.54) is 17.8 Å². The number of amides is 2. The maximum absolute atomic E-state index is 11.8. The van der Waals surface area contributed by atoms with Crippen LogP contribution < -0.4 is 10.6 Å². The number of nitrogens with zero attached hydrogens (tertiary/aromatic N) is 1. The molecule has 1 aliphatic rings. The molecule has 1 aromatic heterocycles. The largest absolute Gasteiger partial charge is 0.384 e. The molecule has 118 valence electrons. The van der Waals surface area contributed by atoms with E-state index in [1.807, 2.05) is 16.8 Å². The molecule has 5 nitrogen and oxygen atoms in total. The maximum Gasteiger partial charge on any atom is 0.314 e. The van der Waals surface area contributed by atoms with Crippen molar-refractivity contribution >= 4 is 17.4 Å². The molecule has 1 fully saturated rings. The lowest BCUT2D eigenvalue weighted by molar-refractivity contribution is 0.0597. The quantitative estimate of drug-likeness (QED) is 0.774. The van der Waals surface area contributed by atoms with Gasteiger partial charge in [0.25, 0.3) is 0 Å². The molecule has 0 aliphatic carbocycles. The van der Waals surface area contributed by atoms with Gasteiger partial charge in [0.1, 0.15) is 5.60 Å². The van der Waals surface area contributed by atoms with E-state index >= 15 is 0 Å². The number of hydrogen-bond acceptors (Lipinski definition) is 4. The number of aliphatic hydroxyl groups is 1. The van der Waals surface area contributed by atoms with Crippen molar-refractivity contribution in [1.82, 2.24) is 15.5 Å². The first-order valence-electron chi connectivity index (χ1n) is 7.42. The Kier molecular flexibility index (Phi) is 5.61. The molecule has 1 aromatic rings. The van der Waals surface area contributed by atoms with E-state index in [0.717, 1.165) is 25.1 Å². The molecule has 6 heteroatoms. The van der Waals surface area contributed by atoms with Crippen LogP contribution in [0.1, 0.15) is 25.3 Å². The van der Waals surface area contributed by atoms with Crippen LogP contribution in [-0.4, -0.2) is 49.3 Å². The van der Waals surface area contributed by atoms with Gasteiger partial charge in [-0.25, -0.2) is 4.79 Å². The summed E-state index contributed by atoms with van der Waals surface area (Å²) < 4.78 is 0. The zero-order chi connectivity index (χ0) is 15.3. The predicted molar refractivity (Wildman–Crippen MR) is 85.5 cm³/mol. The van der Waals surface area contributed by atoms with Crippen LogP contribution in [0.15, 0.2) is 16.8 Å². The van der Waals surface area contributed by atoms with Crippen molar-refractivity contribution in [2.45, 2.75) is 25.4 Å². The molecular weight excluding hydrogens is 286 g/mol. The number of carbonyl (C=O) groups is 1. The molecule has 0 saturated carbocycles. The van der Waals surface area contributed by atoms with Gasteiger partial charge >= 0.3 is 6.03 Å². The van der Waals surface area contributed by atoms with Gasteiger partial charge in [-0.05, 0) is 61.7 Å². The molecule has 2 unspecified atom stereocenters. The molecule has 21 heavy (non-hydrogen) atoms. The average Bonchev–Trinajstić information content (AvgIpc) is 2.98. The van der Waals surface area contributed by atoms with Gasteiger partial charge in [0, 0.05) is 13.1 Å². The average molecular weight is 311 g/mol. The Balaban J connectivity index is 1.70. The van der Waals surface area contributed by atoms with Crippen LogP contribution in [0.2, 0.25) is 0 Å². The van der Waals surface area contributed by atoms with Crippen molar-refractivity contribution in [1.29, 1.82) is 0 Å². The van der Waals surface area contributed by atoms with Crippen molar-refractivity contribution < 1.29 is 9.90 Å². The third-order valence-corrected chi connectivity index (χ3v) is 4.69. The van der Waals surface area contributed by atoms with E-state index in [9.17, 15) is 9.90 Å². The minimum absolute atomic E-state index is 0.208. The van der Waals surface area contributed by atoms with Crippen LogP contribution in [-0.2, 0) is 5.60 Å². The molecule has 0 aromatic carbocycles. The Morgan fingerprint density at radius 1 is 1.57 bits per heavy atom. The molecule has 2 rings (SSSR count). The van der Waals surface area contributed by atoms with Crippen LogP contribution in [0, 0.1) is 5.92 Å². The summed E-state index contributed by atoms with van der Waals surface area (Å²) in [6.45, 7) is 4.79. The lowest BCUT2D eigenvalue weighted by Gasteiger charge is -2.30. The summed E-state index contributed by atoms with van der Waals surface area (Å²) in [6.07, 6.45) is 2.36. The molecule has 1 saturated heterocycles. The van der Waals surface area contributed by atoms with Gasteiger partial charge in [0.2, 0.25) is 0 Å². The summed E-state index contributed by atoms with van der Waals surface area (Å²) in [5.41, 5.74) is -0.190. The SMILES string of the molecule is CN1CCCC(CNC(=O)NCC(C)(O)c2ccsc2)C1. The first-order valence-corrected chi connectivity index (χ1v) is 8.37. The molecule has 2 atom stereocenters.